The highest BCUT2D eigenvalue weighted by Crippen LogP contribution is 2.33. The zero-order chi connectivity index (χ0) is 20.4. The van der Waals surface area contributed by atoms with Crippen LogP contribution in [-0.2, 0) is 16.6 Å². The number of hydrogen-bond acceptors (Lipinski definition) is 4. The lowest BCUT2D eigenvalue weighted by Crippen LogP contribution is -2.23. The maximum absolute atomic E-state index is 13.5. The van der Waals surface area contributed by atoms with Crippen LogP contribution in [0.4, 0.5) is 4.39 Å². The van der Waals surface area contributed by atoms with Crippen molar-refractivity contribution >= 4 is 10.0 Å². The summed E-state index contributed by atoms with van der Waals surface area (Å²) in [6.07, 6.45) is 7.96. The highest BCUT2D eigenvalue weighted by atomic mass is 32.2. The fraction of sp³-hybridized carbons (Fsp3) is 0.333. The molecule has 29 heavy (non-hydrogen) atoms. The molecule has 2 aromatic heterocycles. The van der Waals surface area contributed by atoms with Crippen LogP contribution in [0.25, 0.3) is 11.3 Å². The maximum atomic E-state index is 13.5. The zero-order valence-corrected chi connectivity index (χ0v) is 17.0. The normalized spacial score (nSPS) is 15.1. The second-order valence-electron chi connectivity index (χ2n) is 7.38. The van der Waals surface area contributed by atoms with Crippen LogP contribution < -0.4 is 4.72 Å². The number of rotatable bonds is 6. The summed E-state index contributed by atoms with van der Waals surface area (Å²) in [4.78, 5) is 4.11. The summed E-state index contributed by atoms with van der Waals surface area (Å²) >= 11 is 0. The van der Waals surface area contributed by atoms with Crippen LogP contribution in [0.5, 0.6) is 0 Å². The molecule has 1 N–H and O–H groups in total. The number of hydrogen-bond donors (Lipinski definition) is 1. The van der Waals surface area contributed by atoms with Crippen molar-refractivity contribution < 1.29 is 12.8 Å². The third-order valence-electron chi connectivity index (χ3n) is 5.32. The third-order valence-corrected chi connectivity index (χ3v) is 6.71. The van der Waals surface area contributed by atoms with Crippen molar-refractivity contribution in [3.05, 3.63) is 65.9 Å². The lowest BCUT2D eigenvalue weighted by molar-refractivity contribution is 0.467. The van der Waals surface area contributed by atoms with E-state index < -0.39 is 15.8 Å². The van der Waals surface area contributed by atoms with Crippen molar-refractivity contribution in [3.63, 3.8) is 0 Å². The predicted octanol–water partition coefficient (Wildman–Crippen LogP) is 3.99. The van der Waals surface area contributed by atoms with E-state index in [1.54, 1.807) is 19.3 Å². The van der Waals surface area contributed by atoms with Crippen molar-refractivity contribution in [1.82, 2.24) is 19.5 Å². The van der Waals surface area contributed by atoms with Crippen LogP contribution in [0.2, 0.25) is 0 Å². The van der Waals surface area contributed by atoms with Gasteiger partial charge in [0.2, 0.25) is 10.0 Å². The number of halogens is 1. The first kappa shape index (κ1) is 19.7. The Morgan fingerprint density at radius 3 is 2.55 bits per heavy atom. The van der Waals surface area contributed by atoms with Gasteiger partial charge in [0, 0.05) is 18.0 Å². The summed E-state index contributed by atoms with van der Waals surface area (Å²) in [6, 6.07) is 9.87. The first-order valence-electron chi connectivity index (χ1n) is 9.69. The minimum Gasteiger partial charge on any atom is -0.265 e. The fourth-order valence-electron chi connectivity index (χ4n) is 3.73. The van der Waals surface area contributed by atoms with Crippen LogP contribution in [0.1, 0.15) is 43.0 Å². The molecule has 2 heterocycles. The Bertz CT molecular complexity index is 1110. The minimum atomic E-state index is -3.76. The highest BCUT2D eigenvalue weighted by Gasteiger charge is 2.23. The van der Waals surface area contributed by atoms with Crippen LogP contribution in [0.3, 0.4) is 0 Å². The van der Waals surface area contributed by atoms with Gasteiger partial charge in [-0.25, -0.2) is 17.5 Å². The number of nitrogens with one attached hydrogen (secondary N) is 1. The number of aryl methyl sites for hydroxylation is 1. The maximum Gasteiger partial charge on any atom is 0.240 e. The fourth-order valence-corrected chi connectivity index (χ4v) is 4.82. The molecule has 1 aliphatic rings. The largest absolute Gasteiger partial charge is 0.265 e. The van der Waals surface area contributed by atoms with Gasteiger partial charge in [-0.1, -0.05) is 12.8 Å². The molecule has 0 atom stereocenters. The van der Waals surface area contributed by atoms with Gasteiger partial charge in [-0.3, -0.25) is 9.67 Å². The molecule has 6 nitrogen and oxygen atoms in total. The molecule has 1 aliphatic carbocycles. The lowest BCUT2D eigenvalue weighted by Gasteiger charge is -2.14. The minimum absolute atomic E-state index is 0.0426. The molecule has 1 fully saturated rings. The van der Waals surface area contributed by atoms with Gasteiger partial charge in [-0.15, -0.1) is 0 Å². The molecule has 152 valence electrons. The topological polar surface area (TPSA) is 76.9 Å². The Morgan fingerprint density at radius 1 is 1.14 bits per heavy atom. The Hall–Kier alpha value is -2.58. The molecule has 0 unspecified atom stereocenters. The van der Waals surface area contributed by atoms with Gasteiger partial charge in [0.15, 0.2) is 0 Å². The third kappa shape index (κ3) is 4.23. The summed E-state index contributed by atoms with van der Waals surface area (Å²) < 4.78 is 43.3. The van der Waals surface area contributed by atoms with E-state index in [-0.39, 0.29) is 11.4 Å². The van der Waals surface area contributed by atoms with Gasteiger partial charge >= 0.3 is 0 Å². The number of aromatic nitrogens is 3. The molecule has 0 radical (unpaired) electrons. The van der Waals surface area contributed by atoms with E-state index in [1.165, 1.54) is 31.0 Å². The number of nitrogens with zero attached hydrogens (tertiary/aromatic N) is 3. The molecule has 4 rings (SSSR count). The van der Waals surface area contributed by atoms with Crippen LogP contribution in [0.15, 0.2) is 53.7 Å². The second kappa shape index (κ2) is 8.04. The monoisotopic (exact) mass is 414 g/mol. The Morgan fingerprint density at radius 2 is 1.86 bits per heavy atom. The summed E-state index contributed by atoms with van der Waals surface area (Å²) in [5.74, 6) is -0.429. The molecule has 1 saturated carbocycles. The molecule has 3 aromatic rings. The Balaban J connectivity index is 1.59. The quantitative estimate of drug-likeness (QED) is 0.662. The van der Waals surface area contributed by atoms with Gasteiger partial charge in [0.05, 0.1) is 28.9 Å². The molecule has 0 bridgehead atoms. The van der Waals surface area contributed by atoms with E-state index in [9.17, 15) is 12.8 Å². The van der Waals surface area contributed by atoms with Gasteiger partial charge in [0.1, 0.15) is 5.82 Å². The number of benzene rings is 1. The van der Waals surface area contributed by atoms with Crippen molar-refractivity contribution in [3.8, 4) is 11.3 Å². The van der Waals surface area contributed by atoms with E-state index in [1.807, 2.05) is 22.9 Å². The molecular formula is C21H23FN4O2S. The average Bonchev–Trinajstić information content (AvgIpc) is 3.39. The van der Waals surface area contributed by atoms with Crippen LogP contribution in [-0.4, -0.2) is 23.2 Å². The second-order valence-corrected chi connectivity index (χ2v) is 9.14. The summed E-state index contributed by atoms with van der Waals surface area (Å²) in [6.45, 7) is 1.61. The lowest BCUT2D eigenvalue weighted by atomic mass is 10.1. The van der Waals surface area contributed by atoms with Crippen molar-refractivity contribution in [2.24, 2.45) is 0 Å². The van der Waals surface area contributed by atoms with Gasteiger partial charge < -0.3 is 0 Å². The highest BCUT2D eigenvalue weighted by molar-refractivity contribution is 7.89. The SMILES string of the molecule is Cc1cc(S(=O)(=O)NCc2cc(-c3ccncc3)n(C3CCCC3)n2)ccc1F. The molecule has 8 heteroatoms. The molecule has 0 spiro atoms. The van der Waals surface area contributed by atoms with Crippen molar-refractivity contribution in [2.75, 3.05) is 0 Å². The Kier molecular flexibility index (Phi) is 5.47. The number of pyridine rings is 1. The van der Waals surface area contributed by atoms with E-state index in [4.69, 9.17) is 5.10 Å². The first-order chi connectivity index (χ1) is 13.9. The first-order valence-corrected chi connectivity index (χ1v) is 11.2. The predicted molar refractivity (Wildman–Crippen MR) is 108 cm³/mol. The number of sulfonamides is 1. The van der Waals surface area contributed by atoms with Gasteiger partial charge in [0.25, 0.3) is 0 Å². The summed E-state index contributed by atoms with van der Waals surface area (Å²) in [7, 11) is -3.76. The molecular weight excluding hydrogens is 391 g/mol. The van der Waals surface area contributed by atoms with Gasteiger partial charge in [-0.05, 0) is 61.7 Å². The van der Waals surface area contributed by atoms with E-state index in [2.05, 4.69) is 9.71 Å². The average molecular weight is 415 g/mol. The van der Waals surface area contributed by atoms with Crippen molar-refractivity contribution in [1.29, 1.82) is 0 Å². The smallest absolute Gasteiger partial charge is 0.240 e. The van der Waals surface area contributed by atoms with Crippen LogP contribution in [0, 0.1) is 12.7 Å². The standard InChI is InChI=1S/C21H23FN4O2S/c1-15-12-19(6-7-20(15)22)29(27,28)24-14-17-13-21(16-8-10-23-11-9-16)26(25-17)18-4-2-3-5-18/h6-13,18,24H,2-5,14H2,1H3. The molecule has 0 saturated heterocycles. The molecule has 0 amide bonds. The van der Waals surface area contributed by atoms with Crippen molar-refractivity contribution in [2.45, 2.75) is 50.1 Å². The summed E-state index contributed by atoms with van der Waals surface area (Å²) in [5.41, 5.74) is 2.90. The van der Waals surface area contributed by atoms with Gasteiger partial charge in [-0.2, -0.15) is 5.10 Å². The van der Waals surface area contributed by atoms with E-state index >= 15 is 0 Å². The Labute approximate surface area is 169 Å². The van der Waals surface area contributed by atoms with Crippen LogP contribution >= 0.6 is 0 Å². The van der Waals surface area contributed by atoms with E-state index in [0.717, 1.165) is 24.1 Å². The summed E-state index contributed by atoms with van der Waals surface area (Å²) in [5, 5.41) is 4.71. The zero-order valence-electron chi connectivity index (χ0n) is 16.2. The molecule has 0 aliphatic heterocycles. The van der Waals surface area contributed by atoms with E-state index in [0.29, 0.717) is 17.3 Å². The molecule has 1 aromatic carbocycles.